The summed E-state index contributed by atoms with van der Waals surface area (Å²) in [6.45, 7) is 3.18. The summed E-state index contributed by atoms with van der Waals surface area (Å²) in [6, 6.07) is 3.32. The lowest BCUT2D eigenvalue weighted by Gasteiger charge is -2.33. The summed E-state index contributed by atoms with van der Waals surface area (Å²) in [5.74, 6) is 0.382. The molecule has 1 aliphatic rings. The molecule has 1 fully saturated rings. The van der Waals surface area contributed by atoms with Crippen molar-refractivity contribution < 1.29 is 17.9 Å². The molecule has 1 heterocycles. The molecule has 0 radical (unpaired) electrons. The molecular weight excluding hydrogens is 328 g/mol. The number of amides is 1. The Labute approximate surface area is 135 Å². The van der Waals surface area contributed by atoms with Crippen LogP contribution in [-0.4, -0.2) is 63.1 Å². The SMILES string of the molecule is COc1cc(C)c(C(=O)N2CCN(S(C)(=O)=O)CC2)cc1Cl. The maximum Gasteiger partial charge on any atom is 0.254 e. The summed E-state index contributed by atoms with van der Waals surface area (Å²) in [5, 5.41) is 0.381. The number of nitrogens with zero attached hydrogens (tertiary/aromatic N) is 2. The van der Waals surface area contributed by atoms with E-state index in [0.29, 0.717) is 42.5 Å². The summed E-state index contributed by atoms with van der Waals surface area (Å²) in [7, 11) is -1.69. The van der Waals surface area contributed by atoms with Crippen molar-refractivity contribution in [3.05, 3.63) is 28.3 Å². The second-order valence-electron chi connectivity index (χ2n) is 5.26. The molecule has 0 bridgehead atoms. The van der Waals surface area contributed by atoms with Gasteiger partial charge in [0.25, 0.3) is 5.91 Å². The number of aryl methyl sites for hydroxylation is 1. The van der Waals surface area contributed by atoms with Crippen LogP contribution in [0.1, 0.15) is 15.9 Å². The van der Waals surface area contributed by atoms with E-state index in [-0.39, 0.29) is 5.91 Å². The molecular formula is C14H19ClN2O4S. The maximum atomic E-state index is 12.6. The van der Waals surface area contributed by atoms with Crippen molar-refractivity contribution in [2.45, 2.75) is 6.92 Å². The molecule has 122 valence electrons. The third-order valence-corrected chi connectivity index (χ3v) is 5.32. The Morgan fingerprint density at radius 2 is 1.82 bits per heavy atom. The van der Waals surface area contributed by atoms with Crippen molar-refractivity contribution in [1.29, 1.82) is 0 Å². The number of piperazine rings is 1. The summed E-state index contributed by atoms with van der Waals surface area (Å²) in [4.78, 5) is 14.2. The Bertz CT molecular complexity index is 682. The lowest BCUT2D eigenvalue weighted by Crippen LogP contribution is -2.50. The van der Waals surface area contributed by atoms with Crippen LogP contribution in [0, 0.1) is 6.92 Å². The summed E-state index contributed by atoms with van der Waals surface area (Å²) < 4.78 is 29.5. The fraction of sp³-hybridized carbons (Fsp3) is 0.500. The van der Waals surface area contributed by atoms with Crippen LogP contribution in [0.3, 0.4) is 0 Å². The molecule has 0 aliphatic carbocycles. The van der Waals surface area contributed by atoms with Gasteiger partial charge in [-0.1, -0.05) is 11.6 Å². The molecule has 2 rings (SSSR count). The zero-order valence-electron chi connectivity index (χ0n) is 12.8. The largest absolute Gasteiger partial charge is 0.495 e. The molecule has 1 aromatic carbocycles. The topological polar surface area (TPSA) is 66.9 Å². The minimum Gasteiger partial charge on any atom is -0.495 e. The quantitative estimate of drug-likeness (QED) is 0.829. The molecule has 0 N–H and O–H groups in total. The van der Waals surface area contributed by atoms with Crippen LogP contribution in [0.4, 0.5) is 0 Å². The van der Waals surface area contributed by atoms with Crippen molar-refractivity contribution in [2.24, 2.45) is 0 Å². The molecule has 8 heteroatoms. The van der Waals surface area contributed by atoms with E-state index in [1.165, 1.54) is 17.7 Å². The van der Waals surface area contributed by atoms with E-state index in [2.05, 4.69) is 0 Å². The standard InChI is InChI=1S/C14H19ClN2O4S/c1-10-8-13(21-2)12(15)9-11(10)14(18)16-4-6-17(7-5-16)22(3,19)20/h8-9H,4-7H2,1-3H3. The number of ether oxygens (including phenoxy) is 1. The van der Waals surface area contributed by atoms with Crippen molar-refractivity contribution in [3.63, 3.8) is 0 Å². The van der Waals surface area contributed by atoms with E-state index in [1.807, 2.05) is 6.92 Å². The first-order valence-electron chi connectivity index (χ1n) is 6.82. The molecule has 1 amide bonds. The second kappa shape index (κ2) is 6.44. The molecule has 1 aliphatic heterocycles. The highest BCUT2D eigenvalue weighted by molar-refractivity contribution is 7.88. The monoisotopic (exact) mass is 346 g/mol. The Balaban J connectivity index is 2.15. The van der Waals surface area contributed by atoms with Crippen molar-refractivity contribution in [2.75, 3.05) is 39.5 Å². The van der Waals surface area contributed by atoms with Crippen molar-refractivity contribution >= 4 is 27.5 Å². The zero-order valence-corrected chi connectivity index (χ0v) is 14.4. The third kappa shape index (κ3) is 3.53. The van der Waals surface area contributed by atoms with Crippen LogP contribution in [0.15, 0.2) is 12.1 Å². The number of halogens is 1. The van der Waals surface area contributed by atoms with Crippen LogP contribution in [-0.2, 0) is 10.0 Å². The van der Waals surface area contributed by atoms with Gasteiger partial charge in [-0.05, 0) is 24.6 Å². The second-order valence-corrected chi connectivity index (χ2v) is 7.65. The van der Waals surface area contributed by atoms with Gasteiger partial charge in [0.1, 0.15) is 5.75 Å². The first-order valence-corrected chi connectivity index (χ1v) is 9.05. The number of rotatable bonds is 3. The average Bonchev–Trinajstić information content (AvgIpc) is 2.47. The number of methoxy groups -OCH3 is 1. The summed E-state index contributed by atoms with van der Waals surface area (Å²) in [6.07, 6.45) is 1.18. The predicted molar refractivity (Wildman–Crippen MR) is 85.1 cm³/mol. The van der Waals surface area contributed by atoms with Gasteiger partial charge in [0.15, 0.2) is 0 Å². The van der Waals surface area contributed by atoms with E-state index in [0.717, 1.165) is 5.56 Å². The molecule has 22 heavy (non-hydrogen) atoms. The number of hydrogen-bond donors (Lipinski definition) is 0. The van der Waals surface area contributed by atoms with Crippen LogP contribution < -0.4 is 4.74 Å². The lowest BCUT2D eigenvalue weighted by molar-refractivity contribution is 0.0697. The predicted octanol–water partition coefficient (Wildman–Crippen LogP) is 1.37. The molecule has 1 aromatic rings. The van der Waals surface area contributed by atoms with Gasteiger partial charge < -0.3 is 9.64 Å². The highest BCUT2D eigenvalue weighted by atomic mass is 35.5. The first-order chi connectivity index (χ1) is 10.2. The van der Waals surface area contributed by atoms with Gasteiger partial charge in [0, 0.05) is 31.7 Å². The number of sulfonamides is 1. The number of carbonyl (C=O) groups is 1. The van der Waals surface area contributed by atoms with Crippen LogP contribution in [0.5, 0.6) is 5.75 Å². The van der Waals surface area contributed by atoms with Gasteiger partial charge in [-0.3, -0.25) is 4.79 Å². The number of benzene rings is 1. The molecule has 0 atom stereocenters. The molecule has 0 unspecified atom stereocenters. The highest BCUT2D eigenvalue weighted by Gasteiger charge is 2.27. The van der Waals surface area contributed by atoms with Crippen LogP contribution >= 0.6 is 11.6 Å². The molecule has 0 aromatic heterocycles. The van der Waals surface area contributed by atoms with Crippen LogP contribution in [0.25, 0.3) is 0 Å². The van der Waals surface area contributed by atoms with Crippen LogP contribution in [0.2, 0.25) is 5.02 Å². The average molecular weight is 347 g/mol. The summed E-state index contributed by atoms with van der Waals surface area (Å²) >= 11 is 6.08. The van der Waals surface area contributed by atoms with Gasteiger partial charge in [-0.2, -0.15) is 4.31 Å². The fourth-order valence-corrected chi connectivity index (χ4v) is 3.50. The van der Waals surface area contributed by atoms with E-state index in [4.69, 9.17) is 16.3 Å². The zero-order chi connectivity index (χ0) is 16.5. The Morgan fingerprint density at radius 3 is 2.32 bits per heavy atom. The Kier molecular flexibility index (Phi) is 4.99. The third-order valence-electron chi connectivity index (χ3n) is 3.72. The Hall–Kier alpha value is -1.31. The van der Waals surface area contributed by atoms with Gasteiger partial charge in [-0.15, -0.1) is 0 Å². The molecule has 0 spiro atoms. The van der Waals surface area contributed by atoms with Gasteiger partial charge in [0.2, 0.25) is 10.0 Å². The smallest absolute Gasteiger partial charge is 0.254 e. The lowest BCUT2D eigenvalue weighted by atomic mass is 10.1. The fourth-order valence-electron chi connectivity index (χ4n) is 2.44. The van der Waals surface area contributed by atoms with Crippen molar-refractivity contribution in [1.82, 2.24) is 9.21 Å². The van der Waals surface area contributed by atoms with E-state index in [9.17, 15) is 13.2 Å². The minimum atomic E-state index is -3.21. The molecule has 6 nitrogen and oxygen atoms in total. The Morgan fingerprint density at radius 1 is 1.23 bits per heavy atom. The van der Waals surface area contributed by atoms with E-state index < -0.39 is 10.0 Å². The summed E-state index contributed by atoms with van der Waals surface area (Å²) in [5.41, 5.74) is 1.29. The normalized spacial score (nSPS) is 16.6. The minimum absolute atomic E-state index is 0.143. The molecule has 1 saturated heterocycles. The van der Waals surface area contributed by atoms with Gasteiger partial charge >= 0.3 is 0 Å². The van der Waals surface area contributed by atoms with E-state index in [1.54, 1.807) is 17.0 Å². The van der Waals surface area contributed by atoms with Crippen molar-refractivity contribution in [3.8, 4) is 5.75 Å². The van der Waals surface area contributed by atoms with Gasteiger partial charge in [-0.25, -0.2) is 8.42 Å². The maximum absolute atomic E-state index is 12.6. The number of carbonyl (C=O) groups excluding carboxylic acids is 1. The molecule has 0 saturated carbocycles. The number of hydrogen-bond acceptors (Lipinski definition) is 4. The van der Waals surface area contributed by atoms with Gasteiger partial charge in [0.05, 0.1) is 18.4 Å². The first kappa shape index (κ1) is 17.1. The highest BCUT2D eigenvalue weighted by Crippen LogP contribution is 2.28. The van der Waals surface area contributed by atoms with E-state index >= 15 is 0 Å².